The summed E-state index contributed by atoms with van der Waals surface area (Å²) in [5, 5.41) is 3.39. The van der Waals surface area contributed by atoms with Crippen LogP contribution in [-0.2, 0) is 11.3 Å². The van der Waals surface area contributed by atoms with Crippen LogP contribution < -0.4 is 14.8 Å². The molecule has 0 aliphatic carbocycles. The van der Waals surface area contributed by atoms with Gasteiger partial charge in [-0.3, -0.25) is 0 Å². The van der Waals surface area contributed by atoms with E-state index in [1.54, 1.807) is 7.11 Å². The molecular weight excluding hydrogens is 254 g/mol. The van der Waals surface area contributed by atoms with Crippen molar-refractivity contribution in [1.29, 1.82) is 0 Å². The SMILES string of the molecule is CCCNCc1ccc(OC)cc1OCCCOCC. The molecule has 0 unspecified atom stereocenters. The third-order valence-corrected chi connectivity index (χ3v) is 2.91. The Labute approximate surface area is 122 Å². The van der Waals surface area contributed by atoms with Gasteiger partial charge < -0.3 is 19.5 Å². The zero-order valence-corrected chi connectivity index (χ0v) is 12.9. The summed E-state index contributed by atoms with van der Waals surface area (Å²) in [7, 11) is 1.67. The fourth-order valence-corrected chi connectivity index (χ4v) is 1.83. The number of methoxy groups -OCH3 is 1. The Hall–Kier alpha value is -1.26. The van der Waals surface area contributed by atoms with Crippen LogP contribution in [0.25, 0.3) is 0 Å². The maximum atomic E-state index is 5.86. The zero-order valence-electron chi connectivity index (χ0n) is 12.9. The first kappa shape index (κ1) is 16.8. The highest BCUT2D eigenvalue weighted by atomic mass is 16.5. The van der Waals surface area contributed by atoms with E-state index in [0.29, 0.717) is 6.61 Å². The fourth-order valence-electron chi connectivity index (χ4n) is 1.83. The van der Waals surface area contributed by atoms with E-state index in [9.17, 15) is 0 Å². The van der Waals surface area contributed by atoms with Crippen molar-refractivity contribution in [2.24, 2.45) is 0 Å². The molecule has 0 amide bonds. The molecule has 0 saturated heterocycles. The van der Waals surface area contributed by atoms with Crippen LogP contribution >= 0.6 is 0 Å². The lowest BCUT2D eigenvalue weighted by Gasteiger charge is -2.13. The van der Waals surface area contributed by atoms with E-state index in [0.717, 1.165) is 56.2 Å². The van der Waals surface area contributed by atoms with Crippen LogP contribution in [0.4, 0.5) is 0 Å². The van der Waals surface area contributed by atoms with Crippen LogP contribution in [0.3, 0.4) is 0 Å². The minimum atomic E-state index is 0.661. The molecule has 4 heteroatoms. The maximum absolute atomic E-state index is 5.86. The van der Waals surface area contributed by atoms with Gasteiger partial charge in [0.15, 0.2) is 0 Å². The minimum absolute atomic E-state index is 0.661. The molecule has 0 bridgehead atoms. The van der Waals surface area contributed by atoms with Crippen LogP contribution in [0.2, 0.25) is 0 Å². The first-order valence-corrected chi connectivity index (χ1v) is 7.40. The van der Waals surface area contributed by atoms with Crippen molar-refractivity contribution >= 4 is 0 Å². The first-order chi connectivity index (χ1) is 9.81. The average molecular weight is 281 g/mol. The molecule has 0 atom stereocenters. The highest BCUT2D eigenvalue weighted by Gasteiger charge is 2.05. The summed E-state index contributed by atoms with van der Waals surface area (Å²) in [4.78, 5) is 0. The summed E-state index contributed by atoms with van der Waals surface area (Å²) in [6, 6.07) is 5.97. The van der Waals surface area contributed by atoms with Gasteiger partial charge in [-0.25, -0.2) is 0 Å². The van der Waals surface area contributed by atoms with Crippen LogP contribution in [0.15, 0.2) is 18.2 Å². The molecule has 20 heavy (non-hydrogen) atoms. The molecule has 0 spiro atoms. The summed E-state index contributed by atoms with van der Waals surface area (Å²) in [6.07, 6.45) is 2.02. The molecule has 1 rings (SSSR count). The summed E-state index contributed by atoms with van der Waals surface area (Å²) in [6.45, 7) is 8.14. The van der Waals surface area contributed by atoms with Crippen LogP contribution in [0, 0.1) is 0 Å². The smallest absolute Gasteiger partial charge is 0.127 e. The Morgan fingerprint density at radius 1 is 1.15 bits per heavy atom. The molecule has 0 radical (unpaired) electrons. The maximum Gasteiger partial charge on any atom is 0.127 e. The molecule has 4 nitrogen and oxygen atoms in total. The lowest BCUT2D eigenvalue weighted by molar-refractivity contribution is 0.130. The minimum Gasteiger partial charge on any atom is -0.497 e. The fraction of sp³-hybridized carbons (Fsp3) is 0.625. The lowest BCUT2D eigenvalue weighted by atomic mass is 10.2. The number of hydrogen-bond acceptors (Lipinski definition) is 4. The van der Waals surface area contributed by atoms with E-state index in [1.807, 2.05) is 19.1 Å². The molecular formula is C16H27NO3. The second-order valence-corrected chi connectivity index (χ2v) is 4.55. The van der Waals surface area contributed by atoms with Gasteiger partial charge in [-0.15, -0.1) is 0 Å². The molecule has 114 valence electrons. The Morgan fingerprint density at radius 2 is 2.00 bits per heavy atom. The monoisotopic (exact) mass is 281 g/mol. The van der Waals surface area contributed by atoms with Crippen molar-refractivity contribution in [3.63, 3.8) is 0 Å². The van der Waals surface area contributed by atoms with Crippen LogP contribution in [0.5, 0.6) is 11.5 Å². The van der Waals surface area contributed by atoms with Gasteiger partial charge in [-0.1, -0.05) is 13.0 Å². The van der Waals surface area contributed by atoms with Crippen molar-refractivity contribution in [3.05, 3.63) is 23.8 Å². The summed E-state index contributed by atoms with van der Waals surface area (Å²) >= 11 is 0. The summed E-state index contributed by atoms with van der Waals surface area (Å²) in [5.74, 6) is 1.72. The zero-order chi connectivity index (χ0) is 14.6. The van der Waals surface area contributed by atoms with Gasteiger partial charge in [0.1, 0.15) is 11.5 Å². The quantitative estimate of drug-likeness (QED) is 0.633. The normalized spacial score (nSPS) is 10.6. The van der Waals surface area contributed by atoms with Crippen molar-refractivity contribution in [3.8, 4) is 11.5 Å². The largest absolute Gasteiger partial charge is 0.497 e. The van der Waals surface area contributed by atoms with Gasteiger partial charge >= 0.3 is 0 Å². The highest BCUT2D eigenvalue weighted by molar-refractivity contribution is 5.40. The molecule has 0 saturated carbocycles. The van der Waals surface area contributed by atoms with Gasteiger partial charge in [0.25, 0.3) is 0 Å². The van der Waals surface area contributed by atoms with Crippen molar-refractivity contribution < 1.29 is 14.2 Å². The molecule has 1 aromatic carbocycles. The highest BCUT2D eigenvalue weighted by Crippen LogP contribution is 2.25. The Bertz CT molecular complexity index is 369. The molecule has 0 aromatic heterocycles. The predicted molar refractivity (Wildman–Crippen MR) is 81.6 cm³/mol. The van der Waals surface area contributed by atoms with E-state index >= 15 is 0 Å². The molecule has 1 N–H and O–H groups in total. The number of nitrogens with one attached hydrogen (secondary N) is 1. The summed E-state index contributed by atoms with van der Waals surface area (Å²) < 4.78 is 16.4. The van der Waals surface area contributed by atoms with Crippen molar-refractivity contribution in [2.45, 2.75) is 33.2 Å². The number of hydrogen-bond donors (Lipinski definition) is 1. The molecule has 1 aromatic rings. The molecule has 0 aliphatic heterocycles. The second kappa shape index (κ2) is 10.5. The van der Waals surface area contributed by atoms with E-state index in [-0.39, 0.29) is 0 Å². The average Bonchev–Trinajstić information content (AvgIpc) is 2.48. The molecule has 0 heterocycles. The topological polar surface area (TPSA) is 39.7 Å². The van der Waals surface area contributed by atoms with E-state index < -0.39 is 0 Å². The third kappa shape index (κ3) is 6.26. The van der Waals surface area contributed by atoms with Gasteiger partial charge in [0, 0.05) is 37.8 Å². The van der Waals surface area contributed by atoms with Gasteiger partial charge in [0.05, 0.1) is 13.7 Å². The Morgan fingerprint density at radius 3 is 2.70 bits per heavy atom. The number of rotatable bonds is 11. The Balaban J connectivity index is 2.54. The first-order valence-electron chi connectivity index (χ1n) is 7.40. The van der Waals surface area contributed by atoms with Crippen molar-refractivity contribution in [1.82, 2.24) is 5.32 Å². The third-order valence-electron chi connectivity index (χ3n) is 2.91. The van der Waals surface area contributed by atoms with E-state index in [2.05, 4.69) is 18.3 Å². The Kier molecular flexibility index (Phi) is 8.83. The lowest BCUT2D eigenvalue weighted by Crippen LogP contribution is -2.15. The second-order valence-electron chi connectivity index (χ2n) is 4.55. The van der Waals surface area contributed by atoms with Crippen LogP contribution in [0.1, 0.15) is 32.3 Å². The number of benzene rings is 1. The standard InChI is InChI=1S/C16H27NO3/c1-4-9-17-13-14-7-8-15(18-3)12-16(14)20-11-6-10-19-5-2/h7-8,12,17H,4-6,9-11,13H2,1-3H3. The van der Waals surface area contributed by atoms with Crippen molar-refractivity contribution in [2.75, 3.05) is 33.5 Å². The number of ether oxygens (including phenoxy) is 3. The van der Waals surface area contributed by atoms with Gasteiger partial charge in [0.2, 0.25) is 0 Å². The molecule has 0 fully saturated rings. The van der Waals surface area contributed by atoms with Gasteiger partial charge in [-0.05, 0) is 26.0 Å². The van der Waals surface area contributed by atoms with Gasteiger partial charge in [-0.2, -0.15) is 0 Å². The van der Waals surface area contributed by atoms with E-state index in [1.165, 1.54) is 0 Å². The van der Waals surface area contributed by atoms with E-state index in [4.69, 9.17) is 14.2 Å². The molecule has 0 aliphatic rings. The predicted octanol–water partition coefficient (Wildman–Crippen LogP) is 3.00. The summed E-state index contributed by atoms with van der Waals surface area (Å²) in [5.41, 5.74) is 1.16. The van der Waals surface area contributed by atoms with Crippen LogP contribution in [-0.4, -0.2) is 33.5 Å².